The lowest BCUT2D eigenvalue weighted by Gasteiger charge is -2.32. The molecule has 0 N–H and O–H groups in total. The average molecular weight is 302 g/mol. The number of alkyl halides is 3. The number of rotatable bonds is 2. The van der Waals surface area contributed by atoms with Crippen LogP contribution in [0.1, 0.15) is 33.3 Å². The standard InChI is InChI=1S/C14H18BF3O3/c1-12(2)13(3,4)21-15(20-12)9-6-7-11(19-5)10(8-9)14(16,17)18/h6-8H,1-5H3. The summed E-state index contributed by atoms with van der Waals surface area (Å²) in [6.07, 6.45) is -4.50. The van der Waals surface area contributed by atoms with Gasteiger partial charge < -0.3 is 14.0 Å². The van der Waals surface area contributed by atoms with E-state index in [-0.39, 0.29) is 5.75 Å². The minimum Gasteiger partial charge on any atom is -0.496 e. The SMILES string of the molecule is COc1ccc(B2OC(C)(C)C(C)(C)O2)cc1C(F)(F)F. The van der Waals surface area contributed by atoms with E-state index in [4.69, 9.17) is 14.0 Å². The van der Waals surface area contributed by atoms with E-state index in [0.29, 0.717) is 5.46 Å². The third-order valence-corrected chi connectivity index (χ3v) is 4.05. The minimum absolute atomic E-state index is 0.220. The molecule has 0 atom stereocenters. The van der Waals surface area contributed by atoms with Crippen molar-refractivity contribution in [1.29, 1.82) is 0 Å². The molecule has 1 saturated heterocycles. The molecule has 1 heterocycles. The molecule has 1 aromatic rings. The van der Waals surface area contributed by atoms with Crippen LogP contribution in [0.25, 0.3) is 0 Å². The third-order valence-electron chi connectivity index (χ3n) is 4.05. The Balaban J connectivity index is 2.39. The van der Waals surface area contributed by atoms with Gasteiger partial charge >= 0.3 is 13.3 Å². The van der Waals surface area contributed by atoms with E-state index in [1.807, 2.05) is 27.7 Å². The fraction of sp³-hybridized carbons (Fsp3) is 0.571. The average Bonchev–Trinajstić information content (AvgIpc) is 2.56. The van der Waals surface area contributed by atoms with E-state index in [1.165, 1.54) is 19.2 Å². The number of hydrogen-bond acceptors (Lipinski definition) is 3. The number of methoxy groups -OCH3 is 1. The first kappa shape index (κ1) is 16.2. The molecule has 1 aliphatic heterocycles. The Morgan fingerprint density at radius 1 is 1.05 bits per heavy atom. The van der Waals surface area contributed by atoms with Crippen LogP contribution < -0.4 is 10.2 Å². The summed E-state index contributed by atoms with van der Waals surface area (Å²) in [5.41, 5.74) is -1.72. The molecular weight excluding hydrogens is 284 g/mol. The van der Waals surface area contributed by atoms with Crippen molar-refractivity contribution in [3.05, 3.63) is 23.8 Å². The van der Waals surface area contributed by atoms with Crippen LogP contribution in [0.3, 0.4) is 0 Å². The predicted molar refractivity (Wildman–Crippen MR) is 73.7 cm³/mol. The molecule has 0 amide bonds. The third kappa shape index (κ3) is 2.89. The second-order valence-corrected chi connectivity index (χ2v) is 6.05. The van der Waals surface area contributed by atoms with E-state index < -0.39 is 30.1 Å². The van der Waals surface area contributed by atoms with Crippen LogP contribution in [-0.4, -0.2) is 25.4 Å². The van der Waals surface area contributed by atoms with Crippen LogP contribution in [0.5, 0.6) is 5.75 Å². The molecular formula is C14H18BF3O3. The van der Waals surface area contributed by atoms with Gasteiger partial charge in [0.2, 0.25) is 0 Å². The highest BCUT2D eigenvalue weighted by Gasteiger charge is 2.52. The van der Waals surface area contributed by atoms with Crippen LogP contribution in [0.4, 0.5) is 13.2 Å². The highest BCUT2D eigenvalue weighted by molar-refractivity contribution is 6.62. The molecule has 0 radical (unpaired) electrons. The summed E-state index contributed by atoms with van der Waals surface area (Å²) >= 11 is 0. The molecule has 0 aliphatic carbocycles. The number of hydrogen-bond donors (Lipinski definition) is 0. The Morgan fingerprint density at radius 3 is 2.00 bits per heavy atom. The van der Waals surface area contributed by atoms with E-state index >= 15 is 0 Å². The van der Waals surface area contributed by atoms with E-state index in [1.54, 1.807) is 0 Å². The van der Waals surface area contributed by atoms with Gasteiger partial charge in [0.15, 0.2) is 0 Å². The molecule has 1 aromatic carbocycles. The quantitative estimate of drug-likeness (QED) is 0.786. The van der Waals surface area contributed by atoms with Gasteiger partial charge in [0.1, 0.15) is 5.75 Å². The molecule has 0 unspecified atom stereocenters. The van der Waals surface area contributed by atoms with Gasteiger partial charge in [0.05, 0.1) is 23.9 Å². The highest BCUT2D eigenvalue weighted by Crippen LogP contribution is 2.38. The maximum atomic E-state index is 13.0. The molecule has 0 aromatic heterocycles. The first-order chi connectivity index (χ1) is 9.48. The lowest BCUT2D eigenvalue weighted by Crippen LogP contribution is -2.41. The maximum Gasteiger partial charge on any atom is 0.494 e. The van der Waals surface area contributed by atoms with Crippen LogP contribution in [0.15, 0.2) is 18.2 Å². The Hall–Kier alpha value is -1.21. The normalized spacial score (nSPS) is 20.7. The van der Waals surface area contributed by atoms with Crippen LogP contribution >= 0.6 is 0 Å². The van der Waals surface area contributed by atoms with E-state index in [9.17, 15) is 13.2 Å². The van der Waals surface area contributed by atoms with Crippen LogP contribution in [-0.2, 0) is 15.5 Å². The molecule has 1 fully saturated rings. The van der Waals surface area contributed by atoms with Gasteiger partial charge in [0, 0.05) is 0 Å². The lowest BCUT2D eigenvalue weighted by atomic mass is 9.78. The van der Waals surface area contributed by atoms with Crippen molar-refractivity contribution >= 4 is 12.6 Å². The Kier molecular flexibility index (Phi) is 3.79. The summed E-state index contributed by atoms with van der Waals surface area (Å²) in [4.78, 5) is 0. The summed E-state index contributed by atoms with van der Waals surface area (Å²) in [7, 11) is 0.376. The van der Waals surface area contributed by atoms with Gasteiger partial charge in [0.25, 0.3) is 0 Å². The number of benzene rings is 1. The molecule has 116 valence electrons. The molecule has 2 rings (SSSR count). The van der Waals surface area contributed by atoms with Crippen molar-refractivity contribution in [1.82, 2.24) is 0 Å². The molecule has 3 nitrogen and oxygen atoms in total. The van der Waals surface area contributed by atoms with E-state index in [0.717, 1.165) is 6.07 Å². The lowest BCUT2D eigenvalue weighted by molar-refractivity contribution is -0.138. The first-order valence-electron chi connectivity index (χ1n) is 6.59. The summed E-state index contributed by atoms with van der Waals surface area (Å²) in [6.45, 7) is 7.39. The topological polar surface area (TPSA) is 27.7 Å². The predicted octanol–water partition coefficient (Wildman–Crippen LogP) is 3.01. The fourth-order valence-electron chi connectivity index (χ4n) is 2.07. The molecule has 0 spiro atoms. The van der Waals surface area contributed by atoms with Crippen molar-refractivity contribution in [2.45, 2.75) is 45.1 Å². The summed E-state index contributed by atoms with van der Waals surface area (Å²) in [5.74, 6) is -0.220. The highest BCUT2D eigenvalue weighted by atomic mass is 19.4. The molecule has 0 bridgehead atoms. The van der Waals surface area contributed by atoms with Gasteiger partial charge in [-0.1, -0.05) is 6.07 Å². The second kappa shape index (κ2) is 4.92. The van der Waals surface area contributed by atoms with E-state index in [2.05, 4.69) is 0 Å². The van der Waals surface area contributed by atoms with Gasteiger partial charge in [-0.3, -0.25) is 0 Å². The largest absolute Gasteiger partial charge is 0.496 e. The van der Waals surface area contributed by atoms with Crippen molar-refractivity contribution in [2.75, 3.05) is 7.11 Å². The van der Waals surface area contributed by atoms with Gasteiger partial charge in [-0.25, -0.2) is 0 Å². The van der Waals surface area contributed by atoms with Gasteiger partial charge in [-0.05, 0) is 45.3 Å². The van der Waals surface area contributed by atoms with Gasteiger partial charge in [-0.15, -0.1) is 0 Å². The molecule has 0 saturated carbocycles. The Labute approximate surface area is 122 Å². The zero-order valence-corrected chi connectivity index (χ0v) is 12.7. The zero-order valence-electron chi connectivity index (χ0n) is 12.7. The Bertz CT molecular complexity index is 525. The molecule has 7 heteroatoms. The van der Waals surface area contributed by atoms with Crippen molar-refractivity contribution < 1.29 is 27.2 Å². The smallest absolute Gasteiger partial charge is 0.494 e. The van der Waals surface area contributed by atoms with Crippen LogP contribution in [0, 0.1) is 0 Å². The van der Waals surface area contributed by atoms with Crippen molar-refractivity contribution in [3.63, 3.8) is 0 Å². The van der Waals surface area contributed by atoms with Gasteiger partial charge in [-0.2, -0.15) is 13.2 Å². The fourth-order valence-corrected chi connectivity index (χ4v) is 2.07. The number of halogens is 3. The number of ether oxygens (including phenoxy) is 1. The van der Waals surface area contributed by atoms with Crippen molar-refractivity contribution in [3.8, 4) is 5.75 Å². The monoisotopic (exact) mass is 302 g/mol. The Morgan fingerprint density at radius 2 is 1.57 bits per heavy atom. The molecule has 1 aliphatic rings. The molecule has 21 heavy (non-hydrogen) atoms. The first-order valence-corrected chi connectivity index (χ1v) is 6.59. The van der Waals surface area contributed by atoms with Crippen LogP contribution in [0.2, 0.25) is 0 Å². The van der Waals surface area contributed by atoms with Crippen molar-refractivity contribution in [2.24, 2.45) is 0 Å². The maximum absolute atomic E-state index is 13.0. The second-order valence-electron chi connectivity index (χ2n) is 6.05. The minimum atomic E-state index is -4.50. The summed E-state index contributed by atoms with van der Waals surface area (Å²) in [6, 6.07) is 3.82. The zero-order chi connectivity index (χ0) is 16.1. The summed E-state index contributed by atoms with van der Waals surface area (Å²) < 4.78 is 55.4. The summed E-state index contributed by atoms with van der Waals surface area (Å²) in [5, 5.41) is 0.